The van der Waals surface area contributed by atoms with Gasteiger partial charge in [-0.15, -0.1) is 0 Å². The summed E-state index contributed by atoms with van der Waals surface area (Å²) in [6.07, 6.45) is 0.0247. The van der Waals surface area contributed by atoms with Crippen LogP contribution in [-0.4, -0.2) is 31.1 Å². The molecular weight excluding hydrogens is 328 g/mol. The monoisotopic (exact) mass is 352 g/mol. The van der Waals surface area contributed by atoms with Crippen LogP contribution in [0, 0.1) is 5.41 Å². The number of benzene rings is 1. The van der Waals surface area contributed by atoms with Crippen LogP contribution in [0.5, 0.6) is 0 Å². The van der Waals surface area contributed by atoms with Crippen molar-refractivity contribution in [3.63, 3.8) is 0 Å². The van der Waals surface area contributed by atoms with Gasteiger partial charge in [0.15, 0.2) is 0 Å². The second kappa shape index (κ2) is 7.96. The average molecular weight is 353 g/mol. The first kappa shape index (κ1) is 18.7. The first-order valence-corrected chi connectivity index (χ1v) is 8.46. The van der Waals surface area contributed by atoms with Crippen LogP contribution in [0.15, 0.2) is 24.3 Å². The number of halogens is 1. The number of hydrogen-bond donors (Lipinski definition) is 4. The van der Waals surface area contributed by atoms with Crippen LogP contribution >= 0.6 is 11.6 Å². The molecule has 1 aliphatic heterocycles. The topological polar surface area (TPSA) is 82.3 Å². The molecule has 0 radical (unpaired) electrons. The fourth-order valence-electron chi connectivity index (χ4n) is 2.48. The number of carbonyl (C=O) groups excluding carboxylic acids is 2. The zero-order valence-electron chi connectivity index (χ0n) is 14.3. The fourth-order valence-corrected chi connectivity index (χ4v) is 2.68. The number of hydrogen-bond acceptors (Lipinski definition) is 4. The summed E-state index contributed by atoms with van der Waals surface area (Å²) in [5.41, 5.74) is 6.74. The van der Waals surface area contributed by atoms with E-state index in [1.54, 1.807) is 0 Å². The second-order valence-electron chi connectivity index (χ2n) is 6.99. The van der Waals surface area contributed by atoms with E-state index in [-0.39, 0.29) is 30.3 Å². The van der Waals surface area contributed by atoms with Gasteiger partial charge in [-0.1, -0.05) is 44.5 Å². The summed E-state index contributed by atoms with van der Waals surface area (Å²) in [6, 6.07) is 7.63. The highest BCUT2D eigenvalue weighted by Crippen LogP contribution is 2.23. The molecule has 0 saturated carbocycles. The molecule has 0 spiro atoms. The SMILES string of the molecule is CC(C)(C)C(=O)NCCC(=O)NC1NNCC1c1cccc(Cl)c1. The summed E-state index contributed by atoms with van der Waals surface area (Å²) in [6.45, 7) is 6.54. The Morgan fingerprint density at radius 2 is 2.08 bits per heavy atom. The van der Waals surface area contributed by atoms with Gasteiger partial charge in [-0.2, -0.15) is 0 Å². The Morgan fingerprint density at radius 1 is 1.33 bits per heavy atom. The Morgan fingerprint density at radius 3 is 2.75 bits per heavy atom. The van der Waals surface area contributed by atoms with E-state index < -0.39 is 5.41 Å². The zero-order valence-corrected chi connectivity index (χ0v) is 15.0. The third-order valence-corrected chi connectivity index (χ3v) is 4.13. The molecule has 0 bridgehead atoms. The highest BCUT2D eigenvalue weighted by molar-refractivity contribution is 6.30. The van der Waals surface area contributed by atoms with E-state index in [1.165, 1.54) is 0 Å². The van der Waals surface area contributed by atoms with Crippen molar-refractivity contribution in [1.82, 2.24) is 21.5 Å². The first-order chi connectivity index (χ1) is 11.3. The Labute approximate surface area is 147 Å². The number of rotatable bonds is 5. The van der Waals surface area contributed by atoms with Gasteiger partial charge in [0.25, 0.3) is 0 Å². The zero-order chi connectivity index (χ0) is 17.7. The van der Waals surface area contributed by atoms with Gasteiger partial charge in [-0.05, 0) is 17.7 Å². The summed E-state index contributed by atoms with van der Waals surface area (Å²) in [5.74, 6) is -0.0815. The fraction of sp³-hybridized carbons (Fsp3) is 0.529. The minimum atomic E-state index is -0.453. The van der Waals surface area contributed by atoms with Gasteiger partial charge in [0, 0.05) is 35.9 Å². The largest absolute Gasteiger partial charge is 0.355 e. The van der Waals surface area contributed by atoms with Crippen molar-refractivity contribution >= 4 is 23.4 Å². The van der Waals surface area contributed by atoms with Crippen LogP contribution in [0.4, 0.5) is 0 Å². The van der Waals surface area contributed by atoms with Crippen molar-refractivity contribution in [3.05, 3.63) is 34.9 Å². The van der Waals surface area contributed by atoms with Crippen molar-refractivity contribution in [1.29, 1.82) is 0 Å². The molecule has 7 heteroatoms. The molecule has 4 N–H and O–H groups in total. The molecule has 2 rings (SSSR count). The maximum absolute atomic E-state index is 12.1. The Bertz CT molecular complexity index is 600. The molecule has 6 nitrogen and oxygen atoms in total. The lowest BCUT2D eigenvalue weighted by molar-refractivity contribution is -0.128. The summed E-state index contributed by atoms with van der Waals surface area (Å²) in [5, 5.41) is 6.40. The normalized spacial score (nSPS) is 20.7. The van der Waals surface area contributed by atoms with Crippen molar-refractivity contribution < 1.29 is 9.59 Å². The summed E-state index contributed by atoms with van der Waals surface area (Å²) >= 11 is 6.04. The van der Waals surface area contributed by atoms with Gasteiger partial charge in [-0.3, -0.25) is 15.0 Å². The van der Waals surface area contributed by atoms with Gasteiger partial charge in [0.2, 0.25) is 11.8 Å². The molecule has 0 aromatic heterocycles. The molecule has 1 aliphatic rings. The molecule has 1 aromatic rings. The number of nitrogens with one attached hydrogen (secondary N) is 4. The smallest absolute Gasteiger partial charge is 0.225 e. The number of hydrazine groups is 1. The van der Waals surface area contributed by atoms with Crippen LogP contribution in [0.2, 0.25) is 5.02 Å². The highest BCUT2D eigenvalue weighted by atomic mass is 35.5. The maximum Gasteiger partial charge on any atom is 0.225 e. The molecule has 1 heterocycles. The first-order valence-electron chi connectivity index (χ1n) is 8.09. The van der Waals surface area contributed by atoms with Gasteiger partial charge in [-0.25, -0.2) is 5.43 Å². The minimum absolute atomic E-state index is 0.0623. The van der Waals surface area contributed by atoms with Gasteiger partial charge in [0.05, 0.1) is 0 Å². The third kappa shape index (κ3) is 5.19. The Balaban J connectivity index is 1.84. The third-order valence-electron chi connectivity index (χ3n) is 3.89. The van der Waals surface area contributed by atoms with Crippen LogP contribution in [0.25, 0.3) is 0 Å². The second-order valence-corrected chi connectivity index (χ2v) is 7.42. The molecular formula is C17H25ClN4O2. The summed E-state index contributed by atoms with van der Waals surface area (Å²) in [7, 11) is 0. The van der Waals surface area contributed by atoms with Crippen molar-refractivity contribution in [2.24, 2.45) is 5.41 Å². The van der Waals surface area contributed by atoms with Gasteiger partial charge >= 0.3 is 0 Å². The minimum Gasteiger partial charge on any atom is -0.355 e. The predicted molar refractivity (Wildman–Crippen MR) is 94.3 cm³/mol. The molecule has 2 amide bonds. The van der Waals surface area contributed by atoms with Crippen LogP contribution in [0.3, 0.4) is 0 Å². The van der Waals surface area contributed by atoms with E-state index in [0.717, 1.165) is 5.56 Å². The lowest BCUT2D eigenvalue weighted by Gasteiger charge is -2.21. The number of carbonyl (C=O) groups is 2. The van der Waals surface area contributed by atoms with E-state index in [0.29, 0.717) is 18.1 Å². The van der Waals surface area contributed by atoms with E-state index in [2.05, 4.69) is 21.5 Å². The molecule has 2 unspecified atom stereocenters. The van der Waals surface area contributed by atoms with E-state index in [1.807, 2.05) is 45.0 Å². The standard InChI is InChI=1S/C17H25ClN4O2/c1-17(2,3)16(24)19-8-7-14(23)21-15-13(10-20-22-15)11-5-4-6-12(18)9-11/h4-6,9,13,15,20,22H,7-8,10H2,1-3H3,(H,19,24)(H,21,23). The van der Waals surface area contributed by atoms with E-state index >= 15 is 0 Å². The van der Waals surface area contributed by atoms with E-state index in [9.17, 15) is 9.59 Å². The van der Waals surface area contributed by atoms with Gasteiger partial charge in [0.1, 0.15) is 6.17 Å². The van der Waals surface area contributed by atoms with Gasteiger partial charge < -0.3 is 10.6 Å². The molecule has 0 aliphatic carbocycles. The summed E-state index contributed by atoms with van der Waals surface area (Å²) in [4.78, 5) is 23.9. The van der Waals surface area contributed by atoms with Crippen LogP contribution in [0.1, 0.15) is 38.7 Å². The van der Waals surface area contributed by atoms with Crippen molar-refractivity contribution in [2.45, 2.75) is 39.3 Å². The highest BCUT2D eigenvalue weighted by Gasteiger charge is 2.29. The molecule has 1 aromatic carbocycles. The lowest BCUT2D eigenvalue weighted by Crippen LogP contribution is -2.47. The molecule has 2 atom stereocenters. The van der Waals surface area contributed by atoms with Crippen molar-refractivity contribution in [2.75, 3.05) is 13.1 Å². The molecule has 132 valence electrons. The number of amides is 2. The van der Waals surface area contributed by atoms with Crippen molar-refractivity contribution in [3.8, 4) is 0 Å². The Hall–Kier alpha value is -1.63. The molecule has 1 fully saturated rings. The Kier molecular flexibility index (Phi) is 6.21. The van der Waals surface area contributed by atoms with Crippen LogP contribution in [-0.2, 0) is 9.59 Å². The lowest BCUT2D eigenvalue weighted by atomic mass is 9.96. The maximum atomic E-state index is 12.1. The van der Waals surface area contributed by atoms with Crippen LogP contribution < -0.4 is 21.5 Å². The van der Waals surface area contributed by atoms with E-state index in [4.69, 9.17) is 11.6 Å². The summed E-state index contributed by atoms with van der Waals surface area (Å²) < 4.78 is 0. The quantitative estimate of drug-likeness (QED) is 0.647. The average Bonchev–Trinajstić information content (AvgIpc) is 2.94. The molecule has 24 heavy (non-hydrogen) atoms. The predicted octanol–water partition coefficient (Wildman–Crippen LogP) is 1.53. The molecule has 1 saturated heterocycles.